The molecule has 0 aromatic carbocycles. The van der Waals surface area contributed by atoms with E-state index in [0.29, 0.717) is 32.2 Å². The Morgan fingerprint density at radius 2 is 2.33 bits per heavy atom. The summed E-state index contributed by atoms with van der Waals surface area (Å²) >= 11 is 0. The van der Waals surface area contributed by atoms with Crippen molar-refractivity contribution >= 4 is 18.3 Å². The van der Waals surface area contributed by atoms with Gasteiger partial charge in [-0.25, -0.2) is 0 Å². The van der Waals surface area contributed by atoms with E-state index >= 15 is 0 Å². The Bertz CT molecular complexity index is 483. The zero-order valence-electron chi connectivity index (χ0n) is 14.4. The number of nitrogens with zero attached hydrogens (tertiary/aromatic N) is 3. The van der Waals surface area contributed by atoms with Crippen molar-refractivity contribution in [2.75, 3.05) is 33.4 Å². The predicted molar refractivity (Wildman–Crippen MR) is 96.1 cm³/mol. The van der Waals surface area contributed by atoms with E-state index in [1.807, 2.05) is 10.9 Å². The summed E-state index contributed by atoms with van der Waals surface area (Å²) in [6.45, 7) is 4.50. The average molecular weight is 360 g/mol. The molecule has 0 bridgehead atoms. The maximum Gasteiger partial charge on any atom is 0.221 e. The topological polar surface area (TPSA) is 85.4 Å². The zero-order chi connectivity index (χ0) is 16.5. The van der Waals surface area contributed by atoms with E-state index in [9.17, 15) is 4.79 Å². The number of aromatic nitrogens is 2. The number of carbonyl (C=O) groups is 1. The number of rotatable bonds is 9. The second-order valence-electron chi connectivity index (χ2n) is 6.07. The lowest BCUT2D eigenvalue weighted by atomic mass is 10.0. The maximum atomic E-state index is 11.6. The molecule has 0 spiro atoms. The number of halogens is 1. The van der Waals surface area contributed by atoms with Gasteiger partial charge in [-0.1, -0.05) is 6.42 Å². The van der Waals surface area contributed by atoms with E-state index in [-0.39, 0.29) is 18.3 Å². The molecule has 1 aromatic heterocycles. The number of ether oxygens (including phenoxy) is 1. The third-order valence-electron chi connectivity index (χ3n) is 4.25. The number of amides is 1. The van der Waals surface area contributed by atoms with Crippen LogP contribution in [0.1, 0.15) is 31.2 Å². The standard InChI is InChI=1S/C16H29N5O2.ClH/c1-23-9-8-21-13-14(10-19-21)12-20-7-3-2-4-15(20)11-18-16(22)5-6-17;/h10,13,15H,2-9,11-12,17H2,1H3,(H,18,22);1H. The maximum absolute atomic E-state index is 11.6. The molecule has 2 heterocycles. The smallest absolute Gasteiger partial charge is 0.221 e. The number of likely N-dealkylation sites (tertiary alicyclic amines) is 1. The fraction of sp³-hybridized carbons (Fsp3) is 0.750. The summed E-state index contributed by atoms with van der Waals surface area (Å²) in [5.41, 5.74) is 6.62. The largest absolute Gasteiger partial charge is 0.383 e. The van der Waals surface area contributed by atoms with Crippen LogP contribution in [0.15, 0.2) is 12.4 Å². The molecule has 0 radical (unpaired) electrons. The molecule has 1 fully saturated rings. The van der Waals surface area contributed by atoms with Crippen LogP contribution in [0, 0.1) is 0 Å². The molecule has 8 heteroatoms. The van der Waals surface area contributed by atoms with Crippen LogP contribution in [0.4, 0.5) is 0 Å². The van der Waals surface area contributed by atoms with Crippen molar-refractivity contribution in [1.82, 2.24) is 20.0 Å². The molecule has 1 aliphatic heterocycles. The molecule has 1 unspecified atom stereocenters. The van der Waals surface area contributed by atoms with Crippen LogP contribution >= 0.6 is 12.4 Å². The summed E-state index contributed by atoms with van der Waals surface area (Å²) in [4.78, 5) is 14.1. The average Bonchev–Trinajstić information content (AvgIpc) is 3.00. The fourth-order valence-electron chi connectivity index (χ4n) is 2.98. The number of carbonyl (C=O) groups excluding carboxylic acids is 1. The van der Waals surface area contributed by atoms with E-state index in [4.69, 9.17) is 10.5 Å². The van der Waals surface area contributed by atoms with Gasteiger partial charge in [-0.2, -0.15) is 5.10 Å². The zero-order valence-corrected chi connectivity index (χ0v) is 15.3. The first-order chi connectivity index (χ1) is 11.2. The third-order valence-corrected chi connectivity index (χ3v) is 4.25. The molecule has 0 aliphatic carbocycles. The molecule has 3 N–H and O–H groups in total. The molecule has 24 heavy (non-hydrogen) atoms. The van der Waals surface area contributed by atoms with Crippen LogP contribution in [-0.4, -0.2) is 60.0 Å². The summed E-state index contributed by atoms with van der Waals surface area (Å²) in [5, 5.41) is 7.37. The Hall–Kier alpha value is -1.15. The van der Waals surface area contributed by atoms with Gasteiger partial charge in [0.05, 0.1) is 19.3 Å². The van der Waals surface area contributed by atoms with Crippen molar-refractivity contribution in [3.05, 3.63) is 18.0 Å². The van der Waals surface area contributed by atoms with E-state index in [1.54, 1.807) is 7.11 Å². The van der Waals surface area contributed by atoms with E-state index in [0.717, 1.165) is 26.1 Å². The van der Waals surface area contributed by atoms with Gasteiger partial charge in [-0.3, -0.25) is 14.4 Å². The first-order valence-corrected chi connectivity index (χ1v) is 8.44. The summed E-state index contributed by atoms with van der Waals surface area (Å²) in [5.74, 6) is 0.0467. The SMILES string of the molecule is COCCn1cc(CN2CCCCC2CNC(=O)CCN)cn1.Cl. The first kappa shape index (κ1) is 20.9. The van der Waals surface area contributed by atoms with Gasteiger partial charge >= 0.3 is 0 Å². The lowest BCUT2D eigenvalue weighted by molar-refractivity contribution is -0.121. The molecule has 0 saturated carbocycles. The van der Waals surface area contributed by atoms with Gasteiger partial charge in [0.25, 0.3) is 0 Å². The monoisotopic (exact) mass is 359 g/mol. The Kier molecular flexibility index (Phi) is 9.94. The van der Waals surface area contributed by atoms with Gasteiger partial charge in [0.15, 0.2) is 0 Å². The number of hydrogen-bond donors (Lipinski definition) is 2. The van der Waals surface area contributed by atoms with Gasteiger partial charge in [0.1, 0.15) is 0 Å². The molecular formula is C16H30ClN5O2. The van der Waals surface area contributed by atoms with Gasteiger partial charge in [-0.05, 0) is 19.4 Å². The quantitative estimate of drug-likeness (QED) is 0.680. The molecule has 1 atom stereocenters. The Labute approximate surface area is 150 Å². The lowest BCUT2D eigenvalue weighted by Gasteiger charge is -2.35. The number of methoxy groups -OCH3 is 1. The van der Waals surface area contributed by atoms with Crippen LogP contribution < -0.4 is 11.1 Å². The highest BCUT2D eigenvalue weighted by Gasteiger charge is 2.23. The highest BCUT2D eigenvalue weighted by Crippen LogP contribution is 2.19. The number of piperidine rings is 1. The minimum atomic E-state index is 0. The van der Waals surface area contributed by atoms with Crippen molar-refractivity contribution in [2.45, 2.75) is 44.8 Å². The van der Waals surface area contributed by atoms with Gasteiger partial charge in [0.2, 0.25) is 5.91 Å². The predicted octanol–water partition coefficient (Wildman–Crippen LogP) is 0.771. The molecule has 1 aromatic rings. The van der Waals surface area contributed by atoms with Crippen LogP contribution in [0.2, 0.25) is 0 Å². The van der Waals surface area contributed by atoms with Crippen molar-refractivity contribution < 1.29 is 9.53 Å². The molecule has 1 saturated heterocycles. The van der Waals surface area contributed by atoms with Crippen molar-refractivity contribution in [1.29, 1.82) is 0 Å². The van der Waals surface area contributed by atoms with E-state index in [2.05, 4.69) is 21.5 Å². The van der Waals surface area contributed by atoms with Gasteiger partial charge < -0.3 is 15.8 Å². The van der Waals surface area contributed by atoms with Crippen molar-refractivity contribution in [3.8, 4) is 0 Å². The minimum Gasteiger partial charge on any atom is -0.383 e. The second-order valence-corrected chi connectivity index (χ2v) is 6.07. The van der Waals surface area contributed by atoms with E-state index in [1.165, 1.54) is 18.4 Å². The van der Waals surface area contributed by atoms with Gasteiger partial charge in [0, 0.05) is 51.0 Å². The minimum absolute atomic E-state index is 0. The molecule has 1 amide bonds. The number of nitrogens with one attached hydrogen (secondary N) is 1. The summed E-state index contributed by atoms with van der Waals surface area (Å²) < 4.78 is 6.99. The van der Waals surface area contributed by atoms with Crippen LogP contribution in [0.25, 0.3) is 0 Å². The normalized spacial score (nSPS) is 18.2. The Morgan fingerprint density at radius 1 is 1.50 bits per heavy atom. The van der Waals surface area contributed by atoms with Crippen LogP contribution in [-0.2, 0) is 22.6 Å². The Morgan fingerprint density at radius 3 is 3.08 bits per heavy atom. The van der Waals surface area contributed by atoms with E-state index < -0.39 is 0 Å². The summed E-state index contributed by atoms with van der Waals surface area (Å²) in [7, 11) is 1.70. The summed E-state index contributed by atoms with van der Waals surface area (Å²) in [6, 6.07) is 0.396. The highest BCUT2D eigenvalue weighted by atomic mass is 35.5. The van der Waals surface area contributed by atoms with Crippen LogP contribution in [0.3, 0.4) is 0 Å². The molecule has 2 rings (SSSR count). The molecular weight excluding hydrogens is 330 g/mol. The molecule has 138 valence electrons. The number of hydrogen-bond acceptors (Lipinski definition) is 5. The number of nitrogens with two attached hydrogens (primary N) is 1. The lowest BCUT2D eigenvalue weighted by Crippen LogP contribution is -2.46. The molecule has 7 nitrogen and oxygen atoms in total. The van der Waals surface area contributed by atoms with Crippen molar-refractivity contribution in [2.24, 2.45) is 5.73 Å². The fourth-order valence-corrected chi connectivity index (χ4v) is 2.98. The summed E-state index contributed by atoms with van der Waals surface area (Å²) in [6.07, 6.45) is 7.97. The third kappa shape index (κ3) is 6.76. The van der Waals surface area contributed by atoms with Crippen LogP contribution in [0.5, 0.6) is 0 Å². The molecule has 1 aliphatic rings. The van der Waals surface area contributed by atoms with Crippen molar-refractivity contribution in [3.63, 3.8) is 0 Å². The highest BCUT2D eigenvalue weighted by molar-refractivity contribution is 5.85. The Balaban J connectivity index is 0.00000288. The van der Waals surface area contributed by atoms with Gasteiger partial charge in [-0.15, -0.1) is 12.4 Å². The first-order valence-electron chi connectivity index (χ1n) is 8.44. The second kappa shape index (κ2) is 11.4.